The number of likely N-dealkylation sites (tertiary alicyclic amines) is 1. The van der Waals surface area contributed by atoms with Crippen molar-refractivity contribution in [3.05, 3.63) is 30.2 Å². The van der Waals surface area contributed by atoms with E-state index < -0.39 is 11.9 Å². The summed E-state index contributed by atoms with van der Waals surface area (Å²) < 4.78 is 1.63. The summed E-state index contributed by atoms with van der Waals surface area (Å²) in [5, 5.41) is 16.7. The molecule has 1 fully saturated rings. The molecule has 9 nitrogen and oxygen atoms in total. The van der Waals surface area contributed by atoms with Gasteiger partial charge in [0, 0.05) is 26.3 Å². The summed E-state index contributed by atoms with van der Waals surface area (Å²) in [5.41, 5.74) is 1.05. The number of carbonyl (C=O) groups is 3. The van der Waals surface area contributed by atoms with Crippen LogP contribution in [0.3, 0.4) is 0 Å². The largest absolute Gasteiger partial charge is 0.481 e. The van der Waals surface area contributed by atoms with Crippen molar-refractivity contribution >= 4 is 23.4 Å². The predicted octanol–water partition coefficient (Wildman–Crippen LogP) is 0.125. The van der Waals surface area contributed by atoms with Crippen molar-refractivity contribution in [1.29, 1.82) is 0 Å². The van der Waals surface area contributed by atoms with Gasteiger partial charge in [0.2, 0.25) is 5.91 Å². The summed E-state index contributed by atoms with van der Waals surface area (Å²) in [4.78, 5) is 38.9. The second-order valence-electron chi connectivity index (χ2n) is 6.19. The SMILES string of the molecule is CN(CC(=O)N1CCCC(C(=O)O)C1)C(=O)c1ccc2nncn2c1. The molecule has 3 rings (SSSR count). The Balaban J connectivity index is 1.64. The van der Waals surface area contributed by atoms with Gasteiger partial charge in [0.15, 0.2) is 5.65 Å². The molecule has 25 heavy (non-hydrogen) atoms. The van der Waals surface area contributed by atoms with Crippen molar-refractivity contribution in [3.8, 4) is 0 Å². The number of likely N-dealkylation sites (N-methyl/N-ethyl adjacent to an activating group) is 1. The van der Waals surface area contributed by atoms with Crippen molar-refractivity contribution < 1.29 is 19.5 Å². The molecule has 0 aliphatic carbocycles. The predicted molar refractivity (Wildman–Crippen MR) is 86.9 cm³/mol. The van der Waals surface area contributed by atoms with E-state index >= 15 is 0 Å². The van der Waals surface area contributed by atoms with Crippen molar-refractivity contribution in [1.82, 2.24) is 24.4 Å². The molecule has 1 N–H and O–H groups in total. The van der Waals surface area contributed by atoms with Gasteiger partial charge >= 0.3 is 5.97 Å². The number of pyridine rings is 1. The number of carbonyl (C=O) groups excluding carboxylic acids is 2. The van der Waals surface area contributed by atoms with Gasteiger partial charge in [0.1, 0.15) is 6.33 Å². The average molecular weight is 345 g/mol. The third-order valence-electron chi connectivity index (χ3n) is 4.38. The van der Waals surface area contributed by atoms with E-state index in [1.807, 2.05) is 0 Å². The number of fused-ring (bicyclic) bond motifs is 1. The van der Waals surface area contributed by atoms with Crippen LogP contribution in [-0.4, -0.2) is 74.0 Å². The molecule has 0 radical (unpaired) electrons. The Labute approximate surface area is 143 Å². The molecule has 1 aliphatic rings. The fourth-order valence-corrected chi connectivity index (χ4v) is 2.95. The molecule has 1 saturated heterocycles. The first kappa shape index (κ1) is 16.9. The Kier molecular flexibility index (Phi) is 4.64. The molecule has 1 unspecified atom stereocenters. The molecule has 132 valence electrons. The second kappa shape index (κ2) is 6.88. The van der Waals surface area contributed by atoms with Gasteiger partial charge in [-0.3, -0.25) is 18.8 Å². The van der Waals surface area contributed by atoms with E-state index in [0.29, 0.717) is 30.6 Å². The second-order valence-corrected chi connectivity index (χ2v) is 6.19. The van der Waals surface area contributed by atoms with Gasteiger partial charge in [0.25, 0.3) is 5.91 Å². The summed E-state index contributed by atoms with van der Waals surface area (Å²) >= 11 is 0. The lowest BCUT2D eigenvalue weighted by atomic mass is 9.98. The average Bonchev–Trinajstić information content (AvgIpc) is 3.08. The van der Waals surface area contributed by atoms with E-state index in [1.54, 1.807) is 29.8 Å². The third-order valence-corrected chi connectivity index (χ3v) is 4.38. The van der Waals surface area contributed by atoms with E-state index in [2.05, 4.69) is 10.2 Å². The van der Waals surface area contributed by atoms with Gasteiger partial charge in [-0.05, 0) is 25.0 Å². The summed E-state index contributed by atoms with van der Waals surface area (Å²) in [5.74, 6) is -1.96. The molecule has 0 saturated carbocycles. The molecule has 1 aliphatic heterocycles. The molecule has 2 aromatic rings. The number of piperidine rings is 1. The highest BCUT2D eigenvalue weighted by atomic mass is 16.4. The third kappa shape index (κ3) is 3.59. The van der Waals surface area contributed by atoms with Crippen LogP contribution in [0.2, 0.25) is 0 Å². The Morgan fingerprint density at radius 1 is 1.36 bits per heavy atom. The molecule has 1 atom stereocenters. The number of hydrogen-bond donors (Lipinski definition) is 1. The Morgan fingerprint density at radius 2 is 2.16 bits per heavy atom. The monoisotopic (exact) mass is 345 g/mol. The molecule has 9 heteroatoms. The van der Waals surface area contributed by atoms with Crippen molar-refractivity contribution in [2.75, 3.05) is 26.7 Å². The summed E-state index contributed by atoms with van der Waals surface area (Å²) in [7, 11) is 1.55. The first-order chi connectivity index (χ1) is 12.0. The lowest BCUT2D eigenvalue weighted by molar-refractivity contribution is -0.145. The quantitative estimate of drug-likeness (QED) is 0.843. The van der Waals surface area contributed by atoms with E-state index in [4.69, 9.17) is 5.11 Å². The van der Waals surface area contributed by atoms with E-state index in [-0.39, 0.29) is 24.9 Å². The highest BCUT2D eigenvalue weighted by Crippen LogP contribution is 2.17. The fraction of sp³-hybridized carbons (Fsp3) is 0.438. The zero-order valence-electron chi connectivity index (χ0n) is 13.8. The highest BCUT2D eigenvalue weighted by Gasteiger charge is 2.29. The first-order valence-corrected chi connectivity index (χ1v) is 8.01. The minimum absolute atomic E-state index is 0.0919. The molecule has 0 spiro atoms. The molecular formula is C16H19N5O4. The van der Waals surface area contributed by atoms with Crippen LogP contribution in [0.25, 0.3) is 5.65 Å². The van der Waals surface area contributed by atoms with Crippen molar-refractivity contribution in [3.63, 3.8) is 0 Å². The molecule has 0 bridgehead atoms. The zero-order valence-corrected chi connectivity index (χ0v) is 13.8. The van der Waals surface area contributed by atoms with Crippen LogP contribution >= 0.6 is 0 Å². The van der Waals surface area contributed by atoms with Gasteiger partial charge in [-0.1, -0.05) is 0 Å². The first-order valence-electron chi connectivity index (χ1n) is 8.01. The van der Waals surface area contributed by atoms with Crippen LogP contribution in [0, 0.1) is 5.92 Å². The zero-order chi connectivity index (χ0) is 18.0. The normalized spacial score (nSPS) is 17.5. The highest BCUT2D eigenvalue weighted by molar-refractivity contribution is 5.96. The van der Waals surface area contributed by atoms with E-state index in [9.17, 15) is 14.4 Å². The van der Waals surface area contributed by atoms with Gasteiger partial charge in [0.05, 0.1) is 18.0 Å². The van der Waals surface area contributed by atoms with Gasteiger partial charge < -0.3 is 14.9 Å². The topological polar surface area (TPSA) is 108 Å². The number of carboxylic acids is 1. The Bertz CT molecular complexity index is 818. The van der Waals surface area contributed by atoms with E-state index in [1.165, 1.54) is 16.1 Å². The van der Waals surface area contributed by atoms with Gasteiger partial charge in [-0.2, -0.15) is 0 Å². The number of nitrogens with zero attached hydrogens (tertiary/aromatic N) is 5. The smallest absolute Gasteiger partial charge is 0.308 e. The standard InChI is InChI=1S/C16H19N5O4/c1-19(9-14(22)20-6-2-3-12(8-20)16(24)25)15(23)11-4-5-13-18-17-10-21(13)7-11/h4-5,7,10,12H,2-3,6,8-9H2,1H3,(H,24,25). The van der Waals surface area contributed by atoms with Crippen LogP contribution in [-0.2, 0) is 9.59 Å². The lowest BCUT2D eigenvalue weighted by Gasteiger charge is -2.32. The van der Waals surface area contributed by atoms with Crippen LogP contribution in [0.4, 0.5) is 0 Å². The number of rotatable bonds is 4. The number of carboxylic acid groups (broad SMARTS) is 1. The maximum absolute atomic E-state index is 12.5. The summed E-state index contributed by atoms with van der Waals surface area (Å²) in [6, 6.07) is 3.31. The number of hydrogen-bond acceptors (Lipinski definition) is 5. The number of amides is 2. The summed E-state index contributed by atoms with van der Waals surface area (Å²) in [6.45, 7) is 0.631. The van der Waals surface area contributed by atoms with Gasteiger partial charge in [-0.25, -0.2) is 0 Å². The van der Waals surface area contributed by atoms with E-state index in [0.717, 1.165) is 0 Å². The maximum atomic E-state index is 12.5. The number of aromatic nitrogens is 3. The van der Waals surface area contributed by atoms with Crippen LogP contribution in [0.15, 0.2) is 24.7 Å². The van der Waals surface area contributed by atoms with Crippen LogP contribution in [0.5, 0.6) is 0 Å². The van der Waals surface area contributed by atoms with Crippen molar-refractivity contribution in [2.45, 2.75) is 12.8 Å². The lowest BCUT2D eigenvalue weighted by Crippen LogP contribution is -2.46. The molecular weight excluding hydrogens is 326 g/mol. The fourth-order valence-electron chi connectivity index (χ4n) is 2.95. The molecule has 0 aromatic carbocycles. The number of aliphatic carboxylic acids is 1. The minimum atomic E-state index is -0.885. The molecule has 3 heterocycles. The molecule has 2 aromatic heterocycles. The summed E-state index contributed by atoms with van der Waals surface area (Å²) in [6.07, 6.45) is 4.34. The molecule has 2 amide bonds. The van der Waals surface area contributed by atoms with Crippen LogP contribution in [0.1, 0.15) is 23.2 Å². The van der Waals surface area contributed by atoms with Crippen molar-refractivity contribution in [2.24, 2.45) is 5.92 Å². The van der Waals surface area contributed by atoms with Crippen LogP contribution < -0.4 is 0 Å². The Morgan fingerprint density at radius 3 is 2.92 bits per heavy atom. The minimum Gasteiger partial charge on any atom is -0.481 e. The maximum Gasteiger partial charge on any atom is 0.308 e. The Hall–Kier alpha value is -2.97. The van der Waals surface area contributed by atoms with Gasteiger partial charge in [-0.15, -0.1) is 10.2 Å².